The van der Waals surface area contributed by atoms with Crippen molar-refractivity contribution in [3.8, 4) is 11.3 Å². The molecule has 1 nitrogen and oxygen atoms in total. The van der Waals surface area contributed by atoms with Crippen molar-refractivity contribution in [2.75, 3.05) is 0 Å². The molecule has 0 bridgehead atoms. The van der Waals surface area contributed by atoms with Crippen molar-refractivity contribution in [1.82, 2.24) is 0 Å². The summed E-state index contributed by atoms with van der Waals surface area (Å²) in [4.78, 5) is 0. The van der Waals surface area contributed by atoms with Crippen LogP contribution in [0.25, 0.3) is 11.3 Å². The number of rotatable bonds is 3. The van der Waals surface area contributed by atoms with Crippen LogP contribution in [0, 0.1) is 20.6 Å². The maximum Gasteiger partial charge on any atom is 0.212 e. The van der Waals surface area contributed by atoms with Crippen LogP contribution < -0.4 is 9.75 Å². The van der Waals surface area contributed by atoms with Gasteiger partial charge in [-0.2, -0.15) is 0 Å². The Morgan fingerprint density at radius 3 is 2.26 bits per heavy atom. The summed E-state index contributed by atoms with van der Waals surface area (Å²) >= 11 is 0. The molecule has 0 saturated carbocycles. The Morgan fingerprint density at radius 1 is 1.04 bits per heavy atom. The third-order valence-electron chi connectivity index (χ3n) is 3.99. The van der Waals surface area contributed by atoms with Crippen LogP contribution in [0.2, 0.25) is 19.6 Å². The number of benzene rings is 1. The number of hydrogen-bond acceptors (Lipinski definition) is 0. The first kappa shape index (κ1) is 7.22. The lowest BCUT2D eigenvalue weighted by molar-refractivity contribution is -0.659. The molecule has 1 aromatic carbocycles. The summed E-state index contributed by atoms with van der Waals surface area (Å²) in [6, 6.07) is 3.87. The summed E-state index contributed by atoms with van der Waals surface area (Å²) in [5.74, 6) is -2.95. The van der Waals surface area contributed by atoms with Gasteiger partial charge in [-0.05, 0) is 54.8 Å². The molecule has 0 radical (unpaired) electrons. The van der Waals surface area contributed by atoms with E-state index in [-0.39, 0.29) is 22.4 Å². The average Bonchev–Trinajstić information content (AvgIpc) is 2.63. The smallest absolute Gasteiger partial charge is 0.201 e. The first-order valence-corrected chi connectivity index (χ1v) is 10.9. The summed E-state index contributed by atoms with van der Waals surface area (Å²) < 4.78 is 106. The van der Waals surface area contributed by atoms with E-state index in [1.165, 1.54) is 18.2 Å². The van der Waals surface area contributed by atoms with Crippen molar-refractivity contribution in [3.05, 3.63) is 46.6 Å². The fourth-order valence-corrected chi connectivity index (χ4v) is 4.29. The largest absolute Gasteiger partial charge is 0.212 e. The van der Waals surface area contributed by atoms with Crippen LogP contribution in [0.4, 0.5) is 0 Å². The van der Waals surface area contributed by atoms with E-state index < -0.39 is 41.4 Å². The Kier molecular flexibility index (Phi) is 1.96. The molecular formula is C21H32NSi+. The summed E-state index contributed by atoms with van der Waals surface area (Å²) in [5, 5.41) is 0.476. The van der Waals surface area contributed by atoms with E-state index in [0.717, 1.165) is 0 Å². The van der Waals surface area contributed by atoms with Gasteiger partial charge in [0.1, 0.15) is 7.05 Å². The molecule has 0 N–H and O–H groups in total. The second-order valence-corrected chi connectivity index (χ2v) is 12.0. The zero-order chi connectivity index (χ0) is 28.4. The molecule has 0 aliphatic rings. The average molecular weight is 340 g/mol. The molecular weight excluding hydrogens is 294 g/mol. The number of pyridine rings is 1. The van der Waals surface area contributed by atoms with Crippen LogP contribution in [0.15, 0.2) is 24.4 Å². The summed E-state index contributed by atoms with van der Waals surface area (Å²) in [5.41, 5.74) is 0.141. The van der Waals surface area contributed by atoms with Crippen LogP contribution in [0.3, 0.4) is 0 Å². The standard InChI is InChI=1S/C21H32NSi/c1-14(2)18-12-20(22(6)13-21(18)23(7,8)9)19-11-16(4)15(3)10-17(19)5/h10-14H,1-9H3/q+1/i1D3,2D3,3D3,4D3,14D. The highest BCUT2D eigenvalue weighted by molar-refractivity contribution is 6.89. The topological polar surface area (TPSA) is 3.88 Å². The molecule has 0 atom stereocenters. The Balaban J connectivity index is 3.11. The third kappa shape index (κ3) is 3.58. The molecule has 2 aromatic rings. The normalized spacial score (nSPS) is 23.1. The number of hydrogen-bond donors (Lipinski definition) is 0. The Labute approximate surface area is 161 Å². The van der Waals surface area contributed by atoms with E-state index in [9.17, 15) is 0 Å². The minimum absolute atomic E-state index is 0.163. The predicted molar refractivity (Wildman–Crippen MR) is 104 cm³/mol. The molecule has 0 fully saturated rings. The number of nitrogens with zero attached hydrogens (tertiary/aromatic N) is 1. The van der Waals surface area contributed by atoms with Crippen molar-refractivity contribution in [3.63, 3.8) is 0 Å². The molecule has 1 aromatic heterocycles. The van der Waals surface area contributed by atoms with Crippen LogP contribution in [0.5, 0.6) is 0 Å². The predicted octanol–water partition coefficient (Wildman–Crippen LogP) is 4.77. The fourth-order valence-electron chi connectivity index (χ4n) is 2.71. The molecule has 0 aliphatic carbocycles. The van der Waals surface area contributed by atoms with Gasteiger partial charge in [0.25, 0.3) is 0 Å². The van der Waals surface area contributed by atoms with Crippen molar-refractivity contribution in [2.24, 2.45) is 7.05 Å². The van der Waals surface area contributed by atoms with Gasteiger partial charge >= 0.3 is 0 Å². The Morgan fingerprint density at radius 2 is 1.70 bits per heavy atom. The van der Waals surface area contributed by atoms with Gasteiger partial charge in [0, 0.05) is 34.6 Å². The summed E-state index contributed by atoms with van der Waals surface area (Å²) in [6.07, 6.45) is 1.61. The van der Waals surface area contributed by atoms with Crippen molar-refractivity contribution < 1.29 is 22.4 Å². The van der Waals surface area contributed by atoms with Crippen molar-refractivity contribution in [2.45, 2.75) is 59.9 Å². The molecule has 0 amide bonds. The molecule has 124 valence electrons. The van der Waals surface area contributed by atoms with Gasteiger partial charge in [-0.3, -0.25) is 0 Å². The molecule has 2 heteroatoms. The van der Waals surface area contributed by atoms with Gasteiger partial charge < -0.3 is 0 Å². The fraction of sp³-hybridized carbons (Fsp3) is 0.476. The Bertz CT molecular complexity index is 1140. The van der Waals surface area contributed by atoms with E-state index in [1.54, 1.807) is 24.7 Å². The van der Waals surface area contributed by atoms with Crippen molar-refractivity contribution in [1.29, 1.82) is 0 Å². The van der Waals surface area contributed by atoms with Gasteiger partial charge in [0.2, 0.25) is 5.69 Å². The minimum Gasteiger partial charge on any atom is -0.201 e. The van der Waals surface area contributed by atoms with E-state index >= 15 is 0 Å². The van der Waals surface area contributed by atoms with Gasteiger partial charge in [-0.15, -0.1) is 0 Å². The van der Waals surface area contributed by atoms with Crippen LogP contribution >= 0.6 is 0 Å². The van der Waals surface area contributed by atoms with Crippen LogP contribution in [-0.2, 0) is 7.05 Å². The quantitative estimate of drug-likeness (QED) is 0.560. The van der Waals surface area contributed by atoms with E-state index in [2.05, 4.69) is 0 Å². The first-order valence-electron chi connectivity index (χ1n) is 13.9. The lowest BCUT2D eigenvalue weighted by atomic mass is 9.95. The second kappa shape index (κ2) is 6.24. The van der Waals surface area contributed by atoms with Crippen molar-refractivity contribution >= 4 is 13.3 Å². The Hall–Kier alpha value is -1.41. The summed E-state index contributed by atoms with van der Waals surface area (Å²) in [6.45, 7) is -4.50. The van der Waals surface area contributed by atoms with Gasteiger partial charge in [-0.1, -0.05) is 39.4 Å². The van der Waals surface area contributed by atoms with Gasteiger partial charge in [-0.25, -0.2) is 4.57 Å². The lowest BCUT2D eigenvalue weighted by Gasteiger charge is -2.22. The molecule has 0 aliphatic heterocycles. The highest BCUT2D eigenvalue weighted by atomic mass is 28.3. The zero-order valence-corrected chi connectivity index (χ0v) is 15.3. The molecule has 2 rings (SSSR count). The second-order valence-electron chi connectivity index (χ2n) is 6.93. The molecule has 0 unspecified atom stereocenters. The molecule has 0 saturated heterocycles. The third-order valence-corrected chi connectivity index (χ3v) is 6.01. The maximum atomic E-state index is 8.85. The number of aromatic nitrogens is 1. The molecule has 23 heavy (non-hydrogen) atoms. The van der Waals surface area contributed by atoms with Gasteiger partial charge in [0.15, 0.2) is 6.20 Å². The van der Waals surface area contributed by atoms with E-state index in [4.69, 9.17) is 17.8 Å². The molecule has 1 heterocycles. The first-order chi connectivity index (χ1) is 15.7. The summed E-state index contributed by atoms with van der Waals surface area (Å²) in [7, 11) is -0.736. The highest BCUT2D eigenvalue weighted by Gasteiger charge is 2.27. The lowest BCUT2D eigenvalue weighted by Crippen LogP contribution is -2.47. The number of aryl methyl sites for hydroxylation is 4. The molecule has 0 spiro atoms. The highest BCUT2D eigenvalue weighted by Crippen LogP contribution is 2.26. The SMILES string of the molecule is [2H]C([2H])([2H])c1cc(C)c(-c2cc(C([2H])(C([2H])([2H])[2H])C([2H])([2H])[2H])c([Si](C)(C)C)c[n+]2C)cc1C([2H])([2H])[2H]. The van der Waals surface area contributed by atoms with E-state index in [0.29, 0.717) is 16.3 Å². The monoisotopic (exact) mass is 339 g/mol. The minimum atomic E-state index is -3.20. The van der Waals surface area contributed by atoms with Crippen LogP contribution in [-0.4, -0.2) is 8.07 Å². The van der Waals surface area contributed by atoms with Gasteiger partial charge in [0.05, 0.1) is 8.07 Å². The van der Waals surface area contributed by atoms with E-state index in [1.807, 2.05) is 19.6 Å². The van der Waals surface area contributed by atoms with Crippen LogP contribution in [0.1, 0.15) is 59.7 Å². The maximum absolute atomic E-state index is 8.85. The zero-order valence-electron chi connectivity index (χ0n) is 27.3.